The highest BCUT2D eigenvalue weighted by molar-refractivity contribution is 7.90. The highest BCUT2D eigenvalue weighted by atomic mass is 32.2. The van der Waals surface area contributed by atoms with Gasteiger partial charge in [0, 0.05) is 24.9 Å². The molecule has 0 saturated carbocycles. The SMILES string of the molecule is CCOc1ccc2nc(N(CCN(CC)CC)C(=O)c3cccc(S(C)(=O)=O)c3)sc2c1. The Hall–Kier alpha value is -2.49. The van der Waals surface area contributed by atoms with E-state index in [2.05, 4.69) is 18.7 Å². The van der Waals surface area contributed by atoms with Gasteiger partial charge < -0.3 is 9.64 Å². The number of sulfone groups is 1. The lowest BCUT2D eigenvalue weighted by Gasteiger charge is -2.24. The number of anilines is 1. The van der Waals surface area contributed by atoms with Gasteiger partial charge in [0.2, 0.25) is 0 Å². The lowest BCUT2D eigenvalue weighted by atomic mass is 10.2. The molecular weight excluding hydrogens is 446 g/mol. The van der Waals surface area contributed by atoms with Crippen molar-refractivity contribution in [3.05, 3.63) is 48.0 Å². The Morgan fingerprint density at radius 3 is 2.47 bits per heavy atom. The molecule has 0 spiro atoms. The van der Waals surface area contributed by atoms with Crippen molar-refractivity contribution in [1.29, 1.82) is 0 Å². The maximum atomic E-state index is 13.5. The smallest absolute Gasteiger partial charge is 0.260 e. The molecule has 0 bridgehead atoms. The standard InChI is InChI=1S/C23H29N3O4S2/c1-5-25(6-2)13-14-26(22(27)17-9-8-10-19(15-17)32(4,28)29)23-24-20-12-11-18(30-7-3)16-21(20)31-23/h8-12,15-16H,5-7,13-14H2,1-4H3. The van der Waals surface area contributed by atoms with E-state index in [-0.39, 0.29) is 10.8 Å². The average Bonchev–Trinajstić information content (AvgIpc) is 3.19. The van der Waals surface area contributed by atoms with Crippen LogP contribution < -0.4 is 9.64 Å². The van der Waals surface area contributed by atoms with Crippen molar-refractivity contribution in [2.75, 3.05) is 43.9 Å². The van der Waals surface area contributed by atoms with Crippen LogP contribution in [0.5, 0.6) is 5.75 Å². The van der Waals surface area contributed by atoms with Gasteiger partial charge in [0.05, 0.1) is 21.7 Å². The molecule has 3 aromatic rings. The highest BCUT2D eigenvalue weighted by Crippen LogP contribution is 2.32. The second-order valence-corrected chi connectivity index (χ2v) is 10.4. The lowest BCUT2D eigenvalue weighted by Crippen LogP contribution is -2.38. The molecule has 1 amide bonds. The molecule has 9 heteroatoms. The normalized spacial score (nSPS) is 11.8. The summed E-state index contributed by atoms with van der Waals surface area (Å²) in [5.41, 5.74) is 1.11. The van der Waals surface area contributed by atoms with Crippen LogP contribution in [0.2, 0.25) is 0 Å². The first kappa shape index (κ1) is 24.2. The van der Waals surface area contributed by atoms with Crippen LogP contribution in [0.15, 0.2) is 47.4 Å². The average molecular weight is 476 g/mol. The Kier molecular flexibility index (Phi) is 7.86. The molecule has 0 N–H and O–H groups in total. The van der Waals surface area contributed by atoms with Crippen LogP contribution >= 0.6 is 11.3 Å². The van der Waals surface area contributed by atoms with Crippen LogP contribution in [0.1, 0.15) is 31.1 Å². The number of carbonyl (C=O) groups excluding carboxylic acids is 1. The number of aromatic nitrogens is 1. The predicted octanol–water partition coefficient (Wildman–Crippen LogP) is 4.09. The molecule has 0 aliphatic carbocycles. The molecule has 0 aliphatic rings. The molecule has 1 aromatic heterocycles. The van der Waals surface area contributed by atoms with Crippen molar-refractivity contribution in [1.82, 2.24) is 9.88 Å². The molecule has 0 unspecified atom stereocenters. The summed E-state index contributed by atoms with van der Waals surface area (Å²) in [6.45, 7) is 9.55. The third kappa shape index (κ3) is 5.65. The van der Waals surface area contributed by atoms with E-state index in [1.165, 1.54) is 23.5 Å². The summed E-state index contributed by atoms with van der Waals surface area (Å²) in [5, 5.41) is 0.579. The molecule has 0 saturated heterocycles. The van der Waals surface area contributed by atoms with E-state index in [0.717, 1.165) is 35.3 Å². The Balaban J connectivity index is 2.00. The summed E-state index contributed by atoms with van der Waals surface area (Å²) in [5.74, 6) is 0.490. The van der Waals surface area contributed by atoms with Gasteiger partial charge in [-0.25, -0.2) is 13.4 Å². The first-order valence-corrected chi connectivity index (χ1v) is 13.3. The molecule has 0 fully saturated rings. The molecule has 1 heterocycles. The number of fused-ring (bicyclic) bond motifs is 1. The van der Waals surface area contributed by atoms with Crippen molar-refractivity contribution in [2.24, 2.45) is 0 Å². The number of hydrogen-bond donors (Lipinski definition) is 0. The number of ether oxygens (including phenoxy) is 1. The fourth-order valence-corrected chi connectivity index (χ4v) is 5.03. The molecule has 3 rings (SSSR count). The van der Waals surface area contributed by atoms with E-state index in [1.807, 2.05) is 25.1 Å². The second-order valence-electron chi connectivity index (χ2n) is 7.34. The van der Waals surface area contributed by atoms with Gasteiger partial charge in [0.15, 0.2) is 15.0 Å². The number of benzene rings is 2. The Bertz CT molecular complexity index is 1190. The first-order chi connectivity index (χ1) is 15.3. The van der Waals surface area contributed by atoms with Gasteiger partial charge in [-0.15, -0.1) is 0 Å². The van der Waals surface area contributed by atoms with Crippen LogP contribution in [0.4, 0.5) is 5.13 Å². The maximum absolute atomic E-state index is 13.5. The summed E-state index contributed by atoms with van der Waals surface area (Å²) in [6.07, 6.45) is 1.14. The van der Waals surface area contributed by atoms with E-state index in [9.17, 15) is 13.2 Å². The summed E-state index contributed by atoms with van der Waals surface area (Å²) >= 11 is 1.42. The zero-order chi connectivity index (χ0) is 23.3. The van der Waals surface area contributed by atoms with E-state index >= 15 is 0 Å². The summed E-state index contributed by atoms with van der Waals surface area (Å²) in [6, 6.07) is 11.9. The van der Waals surface area contributed by atoms with Crippen LogP contribution in [-0.4, -0.2) is 63.3 Å². The van der Waals surface area contributed by atoms with Gasteiger partial charge >= 0.3 is 0 Å². The topological polar surface area (TPSA) is 79.8 Å². The minimum absolute atomic E-state index is 0.123. The van der Waals surface area contributed by atoms with Gasteiger partial charge in [-0.3, -0.25) is 9.69 Å². The lowest BCUT2D eigenvalue weighted by molar-refractivity contribution is 0.0983. The quantitative estimate of drug-likeness (QED) is 0.439. The predicted molar refractivity (Wildman–Crippen MR) is 130 cm³/mol. The summed E-state index contributed by atoms with van der Waals surface area (Å²) in [7, 11) is -3.42. The van der Waals surface area contributed by atoms with Crippen LogP contribution in [-0.2, 0) is 9.84 Å². The maximum Gasteiger partial charge on any atom is 0.260 e. The van der Waals surface area contributed by atoms with Crippen molar-refractivity contribution in [2.45, 2.75) is 25.7 Å². The number of thiazole rings is 1. The van der Waals surface area contributed by atoms with Crippen LogP contribution in [0, 0.1) is 0 Å². The van der Waals surface area contributed by atoms with Gasteiger partial charge in [-0.1, -0.05) is 31.3 Å². The minimum atomic E-state index is -3.42. The molecule has 0 radical (unpaired) electrons. The Labute approximate surface area is 193 Å². The van der Waals surface area contributed by atoms with Gasteiger partial charge in [-0.05, 0) is 56.4 Å². The Morgan fingerprint density at radius 2 is 1.81 bits per heavy atom. The largest absolute Gasteiger partial charge is 0.494 e. The van der Waals surface area contributed by atoms with E-state index < -0.39 is 9.84 Å². The molecular formula is C23H29N3O4S2. The number of likely N-dealkylation sites (N-methyl/N-ethyl adjacent to an activating group) is 1. The van der Waals surface area contributed by atoms with Gasteiger partial charge in [0.1, 0.15) is 5.75 Å². The van der Waals surface area contributed by atoms with Gasteiger partial charge in [-0.2, -0.15) is 0 Å². The summed E-state index contributed by atoms with van der Waals surface area (Å²) in [4.78, 5) is 22.2. The zero-order valence-corrected chi connectivity index (χ0v) is 20.5. The highest BCUT2D eigenvalue weighted by Gasteiger charge is 2.23. The minimum Gasteiger partial charge on any atom is -0.494 e. The van der Waals surface area contributed by atoms with Crippen LogP contribution in [0.25, 0.3) is 10.2 Å². The number of amides is 1. The van der Waals surface area contributed by atoms with E-state index in [1.54, 1.807) is 17.0 Å². The molecule has 2 aromatic carbocycles. The number of hydrogen-bond acceptors (Lipinski definition) is 7. The monoisotopic (exact) mass is 475 g/mol. The van der Waals surface area contributed by atoms with E-state index in [0.29, 0.717) is 30.4 Å². The number of carbonyl (C=O) groups is 1. The third-order valence-corrected chi connectivity index (χ3v) is 7.33. The molecule has 7 nitrogen and oxygen atoms in total. The first-order valence-electron chi connectivity index (χ1n) is 10.6. The van der Waals surface area contributed by atoms with Crippen molar-refractivity contribution < 1.29 is 17.9 Å². The van der Waals surface area contributed by atoms with Crippen molar-refractivity contribution in [3.8, 4) is 5.75 Å². The molecule has 32 heavy (non-hydrogen) atoms. The number of rotatable bonds is 10. The molecule has 0 atom stereocenters. The summed E-state index contributed by atoms with van der Waals surface area (Å²) < 4.78 is 30.5. The zero-order valence-electron chi connectivity index (χ0n) is 18.9. The fourth-order valence-electron chi connectivity index (χ4n) is 3.35. The van der Waals surface area contributed by atoms with Gasteiger partial charge in [0.25, 0.3) is 5.91 Å². The van der Waals surface area contributed by atoms with Crippen molar-refractivity contribution in [3.63, 3.8) is 0 Å². The van der Waals surface area contributed by atoms with Crippen molar-refractivity contribution >= 4 is 42.4 Å². The van der Waals surface area contributed by atoms with Crippen LogP contribution in [0.3, 0.4) is 0 Å². The fraction of sp³-hybridized carbons (Fsp3) is 0.391. The molecule has 0 aliphatic heterocycles. The number of nitrogens with zero attached hydrogens (tertiary/aromatic N) is 3. The van der Waals surface area contributed by atoms with E-state index in [4.69, 9.17) is 9.72 Å². The molecule has 172 valence electrons. The third-order valence-electron chi connectivity index (χ3n) is 5.18. The Morgan fingerprint density at radius 1 is 1.06 bits per heavy atom. The second kappa shape index (κ2) is 10.4.